The summed E-state index contributed by atoms with van der Waals surface area (Å²) < 4.78 is 4.90. The highest BCUT2D eigenvalue weighted by atomic mass is 32.1. The van der Waals surface area contributed by atoms with Gasteiger partial charge in [0.1, 0.15) is 4.88 Å². The molecule has 0 amide bonds. The van der Waals surface area contributed by atoms with E-state index in [9.17, 15) is 4.79 Å². The van der Waals surface area contributed by atoms with E-state index in [1.165, 1.54) is 18.4 Å². The van der Waals surface area contributed by atoms with Crippen LogP contribution >= 0.6 is 11.3 Å². The molecule has 0 atom stereocenters. The third kappa shape index (κ3) is 3.93. The smallest absolute Gasteiger partial charge is 0.350 e. The van der Waals surface area contributed by atoms with Crippen molar-refractivity contribution in [3.05, 3.63) is 95.9 Å². The van der Waals surface area contributed by atoms with Gasteiger partial charge in [-0.05, 0) is 48.0 Å². The van der Waals surface area contributed by atoms with Gasteiger partial charge >= 0.3 is 5.97 Å². The molecule has 0 aliphatic rings. The van der Waals surface area contributed by atoms with Gasteiger partial charge in [0.2, 0.25) is 0 Å². The Bertz CT molecular complexity index is 1080. The summed E-state index contributed by atoms with van der Waals surface area (Å²) in [7, 11) is 3.21. The van der Waals surface area contributed by atoms with Crippen molar-refractivity contribution in [1.29, 1.82) is 0 Å². The molecule has 0 saturated heterocycles. The molecule has 1 heterocycles. The Morgan fingerprint density at radius 3 is 1.87 bits per heavy atom. The van der Waals surface area contributed by atoms with Gasteiger partial charge < -0.3 is 15.0 Å². The van der Waals surface area contributed by atoms with Gasteiger partial charge in [0.05, 0.1) is 12.8 Å². The summed E-state index contributed by atoms with van der Waals surface area (Å²) in [6.07, 6.45) is 0. The van der Waals surface area contributed by atoms with Gasteiger partial charge in [-0.15, -0.1) is 11.3 Å². The zero-order chi connectivity index (χ0) is 20.9. The number of hydrogen-bond donors (Lipinski definition) is 1. The van der Waals surface area contributed by atoms with Crippen molar-refractivity contribution in [2.75, 3.05) is 24.4 Å². The summed E-state index contributed by atoms with van der Waals surface area (Å²) in [5.74, 6) is -0.327. The van der Waals surface area contributed by atoms with Crippen molar-refractivity contribution in [2.45, 2.75) is 0 Å². The van der Waals surface area contributed by atoms with Gasteiger partial charge in [-0.2, -0.15) is 0 Å². The van der Waals surface area contributed by atoms with E-state index in [1.54, 1.807) is 7.05 Å². The Hall–Kier alpha value is -3.57. The average molecular weight is 415 g/mol. The number of nitrogens with zero attached hydrogens (tertiary/aromatic N) is 1. The lowest BCUT2D eigenvalue weighted by molar-refractivity contribution is 0.0607. The highest BCUT2D eigenvalue weighted by molar-refractivity contribution is 7.18. The van der Waals surface area contributed by atoms with Crippen LogP contribution in [0.1, 0.15) is 9.67 Å². The molecule has 4 aromatic rings. The molecule has 4 nitrogen and oxygen atoms in total. The van der Waals surface area contributed by atoms with E-state index in [0.29, 0.717) is 4.88 Å². The number of ether oxygens (including phenoxy) is 1. The lowest BCUT2D eigenvalue weighted by Gasteiger charge is -2.25. The number of esters is 1. The van der Waals surface area contributed by atoms with E-state index in [0.717, 1.165) is 33.2 Å². The van der Waals surface area contributed by atoms with Gasteiger partial charge in [-0.1, -0.05) is 48.5 Å². The molecule has 1 N–H and O–H groups in total. The lowest BCUT2D eigenvalue weighted by Crippen LogP contribution is -2.09. The summed E-state index contributed by atoms with van der Waals surface area (Å²) in [5.41, 5.74) is 5.09. The Balaban J connectivity index is 1.71. The first-order valence-corrected chi connectivity index (χ1v) is 10.4. The van der Waals surface area contributed by atoms with Crippen LogP contribution in [0, 0.1) is 0 Å². The Kier molecular flexibility index (Phi) is 5.82. The number of para-hydroxylation sites is 2. The summed E-state index contributed by atoms with van der Waals surface area (Å²) in [4.78, 5) is 15.8. The van der Waals surface area contributed by atoms with Crippen LogP contribution in [-0.2, 0) is 4.74 Å². The highest BCUT2D eigenvalue weighted by Gasteiger charge is 2.17. The zero-order valence-electron chi connectivity index (χ0n) is 16.8. The number of carbonyl (C=O) groups excluding carboxylic acids is 1. The number of nitrogens with one attached hydrogen (secondary N) is 1. The largest absolute Gasteiger partial charge is 0.465 e. The van der Waals surface area contributed by atoms with Crippen LogP contribution in [0.2, 0.25) is 0 Å². The summed E-state index contributed by atoms with van der Waals surface area (Å²) >= 11 is 1.43. The molecule has 0 radical (unpaired) electrons. The van der Waals surface area contributed by atoms with E-state index in [2.05, 4.69) is 58.7 Å². The molecular weight excluding hydrogens is 392 g/mol. The first kappa shape index (κ1) is 19.7. The molecule has 0 aliphatic heterocycles. The molecule has 4 rings (SSSR count). The lowest BCUT2D eigenvalue weighted by atomic mass is 10.1. The molecule has 3 aromatic carbocycles. The molecule has 0 fully saturated rings. The molecule has 5 heteroatoms. The Morgan fingerprint density at radius 1 is 0.833 bits per heavy atom. The van der Waals surface area contributed by atoms with Crippen molar-refractivity contribution >= 4 is 40.1 Å². The number of benzene rings is 3. The van der Waals surface area contributed by atoms with Gasteiger partial charge in [0.25, 0.3) is 0 Å². The predicted octanol–water partition coefficient (Wildman–Crippen LogP) is 6.71. The minimum Gasteiger partial charge on any atom is -0.465 e. The minimum absolute atomic E-state index is 0.327. The maximum absolute atomic E-state index is 12.0. The zero-order valence-corrected chi connectivity index (χ0v) is 17.6. The van der Waals surface area contributed by atoms with Gasteiger partial charge in [-0.3, -0.25) is 0 Å². The topological polar surface area (TPSA) is 41.6 Å². The van der Waals surface area contributed by atoms with Crippen LogP contribution < -0.4 is 10.2 Å². The third-order valence-corrected chi connectivity index (χ3v) is 5.98. The van der Waals surface area contributed by atoms with Crippen molar-refractivity contribution < 1.29 is 9.53 Å². The molecule has 150 valence electrons. The fourth-order valence-corrected chi connectivity index (χ4v) is 4.43. The average Bonchev–Trinajstić information content (AvgIpc) is 3.25. The fourth-order valence-electron chi connectivity index (χ4n) is 3.34. The number of hydrogen-bond acceptors (Lipinski definition) is 5. The van der Waals surface area contributed by atoms with E-state index in [-0.39, 0.29) is 5.97 Å². The normalized spacial score (nSPS) is 10.5. The van der Waals surface area contributed by atoms with Crippen molar-refractivity contribution in [1.82, 2.24) is 0 Å². The first-order valence-electron chi connectivity index (χ1n) is 9.62. The quantitative estimate of drug-likeness (QED) is 0.356. The molecular formula is C25H22N2O2S. The Morgan fingerprint density at radius 2 is 1.37 bits per heavy atom. The number of carbonyl (C=O) groups is 1. The van der Waals surface area contributed by atoms with Crippen LogP contribution in [0.5, 0.6) is 0 Å². The SMILES string of the molecule is CNc1cc(-c2ccc(N(c3ccccc3)c3ccccc3)cc2)sc1C(=O)OC. The van der Waals surface area contributed by atoms with Crippen LogP contribution in [0.15, 0.2) is 91.0 Å². The summed E-state index contributed by atoms with van der Waals surface area (Å²) in [5, 5.41) is 3.07. The second-order valence-electron chi connectivity index (χ2n) is 6.65. The van der Waals surface area contributed by atoms with Crippen LogP contribution in [0.25, 0.3) is 10.4 Å². The van der Waals surface area contributed by atoms with E-state index >= 15 is 0 Å². The molecule has 0 spiro atoms. The van der Waals surface area contributed by atoms with Gasteiger partial charge in [0.15, 0.2) is 0 Å². The standard InChI is InChI=1S/C25H22N2O2S/c1-26-22-17-23(30-24(22)25(28)29-2)18-13-15-21(16-14-18)27(19-9-5-3-6-10-19)20-11-7-4-8-12-20/h3-17,26H,1-2H3. The maximum Gasteiger partial charge on any atom is 0.350 e. The van der Waals surface area contributed by atoms with Gasteiger partial charge in [-0.25, -0.2) is 4.79 Å². The van der Waals surface area contributed by atoms with Crippen LogP contribution in [-0.4, -0.2) is 20.1 Å². The van der Waals surface area contributed by atoms with Crippen LogP contribution in [0.3, 0.4) is 0 Å². The molecule has 0 aliphatic carbocycles. The Labute approximate surface area is 180 Å². The second kappa shape index (κ2) is 8.84. The number of methoxy groups -OCH3 is 1. The van der Waals surface area contributed by atoms with E-state index < -0.39 is 0 Å². The molecule has 0 bridgehead atoms. The summed E-state index contributed by atoms with van der Waals surface area (Å²) in [6, 6.07) is 31.0. The van der Waals surface area contributed by atoms with E-state index in [1.807, 2.05) is 42.5 Å². The third-order valence-electron chi connectivity index (χ3n) is 4.81. The van der Waals surface area contributed by atoms with Crippen LogP contribution in [0.4, 0.5) is 22.7 Å². The van der Waals surface area contributed by atoms with E-state index in [4.69, 9.17) is 4.74 Å². The maximum atomic E-state index is 12.0. The monoisotopic (exact) mass is 414 g/mol. The number of rotatable bonds is 6. The number of anilines is 4. The number of thiophene rings is 1. The van der Waals surface area contributed by atoms with Crippen molar-refractivity contribution in [3.8, 4) is 10.4 Å². The molecule has 30 heavy (non-hydrogen) atoms. The second-order valence-corrected chi connectivity index (χ2v) is 7.70. The highest BCUT2D eigenvalue weighted by Crippen LogP contribution is 2.38. The summed E-state index contributed by atoms with van der Waals surface area (Å²) in [6.45, 7) is 0. The molecule has 0 saturated carbocycles. The minimum atomic E-state index is -0.327. The predicted molar refractivity (Wildman–Crippen MR) is 125 cm³/mol. The fraction of sp³-hybridized carbons (Fsp3) is 0.0800. The molecule has 0 unspecified atom stereocenters. The van der Waals surface area contributed by atoms with Crippen molar-refractivity contribution in [3.63, 3.8) is 0 Å². The first-order chi connectivity index (χ1) is 14.7. The van der Waals surface area contributed by atoms with Gasteiger partial charge in [0, 0.05) is 29.0 Å². The van der Waals surface area contributed by atoms with Crippen molar-refractivity contribution in [2.24, 2.45) is 0 Å². The molecule has 1 aromatic heterocycles.